The Morgan fingerprint density at radius 3 is 2.70 bits per heavy atom. The minimum Gasteiger partial charge on any atom is -0.489 e. The molecule has 0 aromatic heterocycles. The monoisotopic (exact) mass is 434 g/mol. The van der Waals surface area contributed by atoms with Crippen molar-refractivity contribution in [2.75, 3.05) is 42.8 Å². The zero-order chi connectivity index (χ0) is 21.7. The first-order chi connectivity index (χ1) is 14.1. The Hall–Kier alpha value is -2.10. The van der Waals surface area contributed by atoms with Gasteiger partial charge in [0.05, 0.1) is 18.9 Å². The number of amides is 2. The van der Waals surface area contributed by atoms with Gasteiger partial charge in [0.25, 0.3) is 5.91 Å². The van der Waals surface area contributed by atoms with E-state index in [-0.39, 0.29) is 35.8 Å². The molecule has 0 saturated carbocycles. The fourth-order valence-corrected chi connectivity index (χ4v) is 4.64. The number of morpholine rings is 1. The average Bonchev–Trinajstić information content (AvgIpc) is 3.01. The van der Waals surface area contributed by atoms with E-state index in [1.165, 1.54) is 0 Å². The van der Waals surface area contributed by atoms with Gasteiger partial charge in [0, 0.05) is 18.3 Å². The number of ether oxygens (including phenoxy) is 3. The van der Waals surface area contributed by atoms with Gasteiger partial charge in [-0.1, -0.05) is 20.8 Å². The lowest BCUT2D eigenvalue weighted by Crippen LogP contribution is -2.48. The summed E-state index contributed by atoms with van der Waals surface area (Å²) < 4.78 is 23.1. The molecule has 2 saturated heterocycles. The lowest BCUT2D eigenvalue weighted by atomic mass is 10.1. The third kappa shape index (κ3) is 3.70. The lowest BCUT2D eigenvalue weighted by Gasteiger charge is -2.37. The van der Waals surface area contributed by atoms with Crippen LogP contribution in [0.5, 0.6) is 5.75 Å². The molecule has 30 heavy (non-hydrogen) atoms. The fraction of sp³-hybridized carbons (Fsp3) is 0.619. The molecule has 8 nitrogen and oxygen atoms in total. The van der Waals surface area contributed by atoms with E-state index in [9.17, 15) is 9.59 Å². The Kier molecular flexibility index (Phi) is 5.32. The van der Waals surface area contributed by atoms with Gasteiger partial charge in [0.2, 0.25) is 0 Å². The van der Waals surface area contributed by atoms with Crippen molar-refractivity contribution in [3.8, 4) is 5.75 Å². The van der Waals surface area contributed by atoms with Crippen LogP contribution in [0.25, 0.3) is 0 Å². The second-order valence-corrected chi connectivity index (χ2v) is 14.3. The zero-order valence-corrected chi connectivity index (χ0v) is 19.3. The topological polar surface area (TPSA) is 77.5 Å². The molecule has 4 rings (SSSR count). The maximum Gasteiger partial charge on any atom is 0.415 e. The first-order valence-electron chi connectivity index (χ1n) is 10.4. The maximum absolute atomic E-state index is 12.7. The molecule has 0 radical (unpaired) electrons. The van der Waals surface area contributed by atoms with Crippen molar-refractivity contribution in [1.82, 2.24) is 0 Å². The predicted octanol–water partition coefficient (Wildman–Crippen LogP) is 3.16. The number of carbonyl (C=O) groups excluding carboxylic acids is 2. The summed E-state index contributed by atoms with van der Waals surface area (Å²) in [5.74, 6) is 0.490. The highest BCUT2D eigenvalue weighted by atomic mass is 28.4. The predicted molar refractivity (Wildman–Crippen MR) is 115 cm³/mol. The smallest absolute Gasteiger partial charge is 0.415 e. The Labute approximate surface area is 178 Å². The van der Waals surface area contributed by atoms with Crippen LogP contribution in [0.4, 0.5) is 16.2 Å². The highest BCUT2D eigenvalue weighted by Crippen LogP contribution is 2.42. The van der Waals surface area contributed by atoms with E-state index in [2.05, 4.69) is 33.9 Å². The quantitative estimate of drug-likeness (QED) is 0.678. The van der Waals surface area contributed by atoms with Gasteiger partial charge in [0.1, 0.15) is 31.1 Å². The summed E-state index contributed by atoms with van der Waals surface area (Å²) in [4.78, 5) is 28.1. The summed E-state index contributed by atoms with van der Waals surface area (Å²) in [7, 11) is -1.95. The number of carbonyl (C=O) groups is 2. The minimum absolute atomic E-state index is 0.0778. The average molecular weight is 435 g/mol. The summed E-state index contributed by atoms with van der Waals surface area (Å²) in [5.41, 5.74) is 1.40. The number of nitrogens with zero attached hydrogens (tertiary/aromatic N) is 2. The van der Waals surface area contributed by atoms with Crippen LogP contribution in [0.15, 0.2) is 18.2 Å². The lowest BCUT2D eigenvalue weighted by molar-refractivity contribution is -0.125. The van der Waals surface area contributed by atoms with Crippen LogP contribution < -0.4 is 14.5 Å². The molecule has 0 unspecified atom stereocenters. The van der Waals surface area contributed by atoms with Crippen molar-refractivity contribution in [3.63, 3.8) is 0 Å². The molecule has 2 atom stereocenters. The minimum atomic E-state index is -1.95. The van der Waals surface area contributed by atoms with Gasteiger partial charge in [-0.05, 0) is 30.3 Å². The van der Waals surface area contributed by atoms with Gasteiger partial charge in [-0.3, -0.25) is 9.69 Å². The van der Waals surface area contributed by atoms with Crippen molar-refractivity contribution in [2.45, 2.75) is 51.0 Å². The van der Waals surface area contributed by atoms with E-state index in [4.69, 9.17) is 18.6 Å². The van der Waals surface area contributed by atoms with Crippen LogP contribution in [-0.2, 0) is 18.7 Å². The highest BCUT2D eigenvalue weighted by Gasteiger charge is 2.48. The molecule has 0 spiro atoms. The van der Waals surface area contributed by atoms with E-state index in [0.717, 1.165) is 5.69 Å². The molecule has 0 aliphatic carbocycles. The van der Waals surface area contributed by atoms with E-state index in [1.807, 2.05) is 18.2 Å². The van der Waals surface area contributed by atoms with E-state index >= 15 is 0 Å². The molecule has 1 aromatic carbocycles. The molecular weight excluding hydrogens is 404 g/mol. The van der Waals surface area contributed by atoms with Crippen LogP contribution in [0.3, 0.4) is 0 Å². The normalized spacial score (nSPS) is 24.3. The van der Waals surface area contributed by atoms with Crippen LogP contribution in [0, 0.1) is 0 Å². The second kappa shape index (κ2) is 7.54. The molecule has 3 heterocycles. The van der Waals surface area contributed by atoms with Gasteiger partial charge in [-0.2, -0.15) is 0 Å². The Balaban J connectivity index is 1.51. The summed E-state index contributed by atoms with van der Waals surface area (Å²) >= 11 is 0. The molecule has 0 bridgehead atoms. The first kappa shape index (κ1) is 21.1. The van der Waals surface area contributed by atoms with Crippen molar-refractivity contribution in [2.24, 2.45) is 0 Å². The number of anilines is 2. The number of fused-ring (bicyclic) bond motifs is 3. The molecule has 3 aliphatic heterocycles. The number of hydrogen-bond acceptors (Lipinski definition) is 6. The van der Waals surface area contributed by atoms with Gasteiger partial charge in [-0.25, -0.2) is 4.79 Å². The van der Waals surface area contributed by atoms with Crippen molar-refractivity contribution in [3.05, 3.63) is 18.2 Å². The summed E-state index contributed by atoms with van der Waals surface area (Å²) in [6.07, 6.45) is -0.760. The van der Waals surface area contributed by atoms with Gasteiger partial charge >= 0.3 is 6.09 Å². The Morgan fingerprint density at radius 2 is 2.00 bits per heavy atom. The third-order valence-electron chi connectivity index (χ3n) is 6.53. The molecule has 2 fully saturated rings. The SMILES string of the molecule is CC(C)(C)[Si](C)(C)OC[C@@H]1OC(=O)N2c3ccc(N4CCOCC4=O)cc3OC[C@@H]12. The number of benzene rings is 1. The largest absolute Gasteiger partial charge is 0.489 e. The number of rotatable bonds is 4. The van der Waals surface area contributed by atoms with Gasteiger partial charge in [-0.15, -0.1) is 0 Å². The molecule has 3 aliphatic rings. The Bertz CT molecular complexity index is 852. The van der Waals surface area contributed by atoms with Crippen molar-refractivity contribution in [1.29, 1.82) is 0 Å². The van der Waals surface area contributed by atoms with Crippen LogP contribution in [0.1, 0.15) is 20.8 Å². The molecular formula is C21H30N2O6Si. The van der Waals surface area contributed by atoms with Crippen LogP contribution in [0.2, 0.25) is 18.1 Å². The van der Waals surface area contributed by atoms with Gasteiger partial charge in [0.15, 0.2) is 8.32 Å². The van der Waals surface area contributed by atoms with E-state index < -0.39 is 8.32 Å². The van der Waals surface area contributed by atoms with Crippen molar-refractivity contribution < 1.29 is 28.2 Å². The zero-order valence-electron chi connectivity index (χ0n) is 18.3. The summed E-state index contributed by atoms with van der Waals surface area (Å²) in [6, 6.07) is 5.23. The standard InChI is InChI=1S/C21H30N2O6Si/c1-21(2,3)30(4,5)28-12-18-16-11-27-17-10-14(22-8-9-26-13-19(22)24)6-7-15(17)23(16)20(25)29-18/h6-7,10,16,18H,8-9,11-13H2,1-5H3/t16-,18-/m0/s1. The number of hydrogen-bond donors (Lipinski definition) is 0. The first-order valence-corrected chi connectivity index (χ1v) is 13.3. The molecule has 1 aromatic rings. The van der Waals surface area contributed by atoms with Gasteiger partial charge < -0.3 is 23.5 Å². The molecule has 2 amide bonds. The summed E-state index contributed by atoms with van der Waals surface area (Å²) in [6.45, 7) is 12.7. The molecule has 0 N–H and O–H groups in total. The number of cyclic esters (lactones) is 1. The van der Waals surface area contributed by atoms with Crippen LogP contribution in [-0.4, -0.2) is 65.4 Å². The second-order valence-electron chi connectivity index (χ2n) is 9.49. The molecule has 164 valence electrons. The van der Waals surface area contributed by atoms with E-state index in [1.54, 1.807) is 9.80 Å². The third-order valence-corrected chi connectivity index (χ3v) is 11.0. The van der Waals surface area contributed by atoms with E-state index in [0.29, 0.717) is 37.8 Å². The van der Waals surface area contributed by atoms with Crippen LogP contribution >= 0.6 is 0 Å². The summed E-state index contributed by atoms with van der Waals surface area (Å²) in [5, 5.41) is 0.0816. The Morgan fingerprint density at radius 1 is 1.23 bits per heavy atom. The molecule has 9 heteroatoms. The highest BCUT2D eigenvalue weighted by molar-refractivity contribution is 6.74. The fourth-order valence-electron chi connectivity index (χ4n) is 3.63. The maximum atomic E-state index is 12.7. The van der Waals surface area contributed by atoms with Crippen molar-refractivity contribution >= 4 is 31.7 Å².